The number of hydrogen-bond acceptors (Lipinski definition) is 6. The average molecular weight is 386 g/mol. The number of nitrogens with zero attached hydrogens (tertiary/aromatic N) is 4. The third-order valence-electron chi connectivity index (χ3n) is 5.36. The molecule has 9 heteroatoms. The number of hydrogen-bond donors (Lipinski definition) is 3. The van der Waals surface area contributed by atoms with E-state index in [-0.39, 0.29) is 17.4 Å². The van der Waals surface area contributed by atoms with Gasteiger partial charge >= 0.3 is 0 Å². The van der Waals surface area contributed by atoms with Crippen molar-refractivity contribution in [1.82, 2.24) is 20.1 Å². The van der Waals surface area contributed by atoms with Crippen molar-refractivity contribution in [2.75, 3.05) is 7.05 Å². The van der Waals surface area contributed by atoms with Crippen molar-refractivity contribution in [2.45, 2.75) is 24.6 Å². The number of aromatic nitrogens is 3. The van der Waals surface area contributed by atoms with Gasteiger partial charge in [0.15, 0.2) is 17.7 Å². The summed E-state index contributed by atoms with van der Waals surface area (Å²) in [4.78, 5) is 10.3. The lowest BCUT2D eigenvalue weighted by Crippen LogP contribution is -2.49. The first-order valence-electron chi connectivity index (χ1n) is 8.81. The van der Waals surface area contributed by atoms with E-state index in [4.69, 9.17) is 5.73 Å². The first kappa shape index (κ1) is 18.3. The number of H-pyrrole nitrogens is 1. The van der Waals surface area contributed by atoms with Crippen LogP contribution in [0.5, 0.6) is 0 Å². The van der Waals surface area contributed by atoms with Crippen molar-refractivity contribution in [1.29, 1.82) is 0 Å². The molecule has 1 aliphatic carbocycles. The Morgan fingerprint density at radius 3 is 2.75 bits per heavy atom. The summed E-state index contributed by atoms with van der Waals surface area (Å²) < 4.78 is 25.9. The number of nitrogens with two attached hydrogens (primary N) is 1. The predicted octanol–water partition coefficient (Wildman–Crippen LogP) is 2.18. The molecule has 2 aromatic rings. The number of aromatic amines is 1. The van der Waals surface area contributed by atoms with Gasteiger partial charge in [-0.15, -0.1) is 0 Å². The summed E-state index contributed by atoms with van der Waals surface area (Å²) >= 11 is 0. The minimum absolute atomic E-state index is 0.165. The monoisotopic (exact) mass is 386 g/mol. The van der Waals surface area contributed by atoms with Gasteiger partial charge in [-0.1, -0.05) is 18.2 Å². The maximum Gasteiger partial charge on any atom is 0.265 e. The molecule has 0 radical (unpaired) electrons. The lowest BCUT2D eigenvalue weighted by Gasteiger charge is -2.38. The second-order valence-electron chi connectivity index (χ2n) is 6.92. The quantitative estimate of drug-likeness (QED) is 0.747. The zero-order valence-electron chi connectivity index (χ0n) is 15.1. The first-order valence-corrected chi connectivity index (χ1v) is 8.81. The predicted molar refractivity (Wildman–Crippen MR) is 100 cm³/mol. The standard InChI is InChI=1S/C19H20F2N6O/c1-27-17(28)19(25-18(27)22,15-6-5-12(10-23-15)16(20)21)13-4-2-3-11(9-13)14-7-8-24-26-14/h2-8,10,13,16-17,28H,9H2,1H3,(H2,22,25)(H,24,26). The summed E-state index contributed by atoms with van der Waals surface area (Å²) in [5.41, 5.74) is 6.85. The summed E-state index contributed by atoms with van der Waals surface area (Å²) in [7, 11) is 1.64. The molecule has 0 fully saturated rings. The van der Waals surface area contributed by atoms with E-state index in [0.717, 1.165) is 17.5 Å². The van der Waals surface area contributed by atoms with E-state index in [2.05, 4.69) is 20.2 Å². The van der Waals surface area contributed by atoms with Gasteiger partial charge in [-0.05, 0) is 30.2 Å². The lowest BCUT2D eigenvalue weighted by molar-refractivity contribution is -0.00506. The largest absolute Gasteiger partial charge is 0.370 e. The Hall–Kier alpha value is -3.07. The minimum atomic E-state index is -2.62. The summed E-state index contributed by atoms with van der Waals surface area (Å²) in [6.07, 6.45) is 5.40. The third kappa shape index (κ3) is 2.78. The van der Waals surface area contributed by atoms with Gasteiger partial charge in [0, 0.05) is 30.9 Å². The number of likely N-dealkylation sites (N-methyl/N-ethyl adjacent to an activating group) is 1. The van der Waals surface area contributed by atoms with Crippen LogP contribution in [0.15, 0.2) is 53.8 Å². The highest BCUT2D eigenvalue weighted by Crippen LogP contribution is 2.46. The van der Waals surface area contributed by atoms with Crippen LogP contribution >= 0.6 is 0 Å². The van der Waals surface area contributed by atoms with E-state index in [1.54, 1.807) is 13.2 Å². The van der Waals surface area contributed by atoms with Crippen LogP contribution in [-0.4, -0.2) is 44.4 Å². The van der Waals surface area contributed by atoms with Gasteiger partial charge in [0.25, 0.3) is 6.43 Å². The summed E-state index contributed by atoms with van der Waals surface area (Å²) in [5, 5.41) is 18.0. The van der Waals surface area contributed by atoms with Gasteiger partial charge in [0.2, 0.25) is 0 Å². The zero-order chi connectivity index (χ0) is 19.9. The summed E-state index contributed by atoms with van der Waals surface area (Å²) in [6, 6.07) is 4.66. The molecule has 28 heavy (non-hydrogen) atoms. The van der Waals surface area contributed by atoms with E-state index in [9.17, 15) is 13.9 Å². The fraction of sp³-hybridized carbons (Fsp3) is 0.316. The molecule has 2 aromatic heterocycles. The first-order chi connectivity index (χ1) is 13.4. The highest BCUT2D eigenvalue weighted by Gasteiger charge is 2.53. The Labute approximate surface area is 160 Å². The fourth-order valence-electron chi connectivity index (χ4n) is 3.79. The fourth-order valence-corrected chi connectivity index (χ4v) is 3.79. The zero-order valence-corrected chi connectivity index (χ0v) is 15.1. The van der Waals surface area contributed by atoms with Crippen LogP contribution < -0.4 is 5.73 Å². The smallest absolute Gasteiger partial charge is 0.265 e. The molecule has 0 bridgehead atoms. The Morgan fingerprint density at radius 2 is 2.18 bits per heavy atom. The number of halogens is 2. The molecular formula is C19H20F2N6O. The Bertz CT molecular complexity index is 938. The SMILES string of the molecule is CN1C(N)=NC(c2ccc(C(F)F)cn2)(C2C=CC=C(c3ccn[nH]3)C2)C1O. The highest BCUT2D eigenvalue weighted by molar-refractivity contribution is 5.81. The van der Waals surface area contributed by atoms with Gasteiger partial charge in [0.1, 0.15) is 0 Å². The number of aliphatic hydroxyl groups is 1. The van der Waals surface area contributed by atoms with Gasteiger partial charge in [-0.2, -0.15) is 5.10 Å². The van der Waals surface area contributed by atoms with Crippen LogP contribution in [-0.2, 0) is 5.54 Å². The van der Waals surface area contributed by atoms with Gasteiger partial charge in [-0.25, -0.2) is 13.8 Å². The molecule has 7 nitrogen and oxygen atoms in total. The molecule has 4 rings (SSSR count). The maximum absolute atomic E-state index is 13.0. The number of rotatable bonds is 4. The van der Waals surface area contributed by atoms with Crippen molar-refractivity contribution < 1.29 is 13.9 Å². The lowest BCUT2D eigenvalue weighted by atomic mass is 9.74. The van der Waals surface area contributed by atoms with Gasteiger partial charge in [-0.3, -0.25) is 10.1 Å². The molecule has 2 aliphatic rings. The van der Waals surface area contributed by atoms with Crippen LogP contribution in [0.2, 0.25) is 0 Å². The van der Waals surface area contributed by atoms with Crippen LogP contribution in [0.25, 0.3) is 5.57 Å². The molecule has 0 saturated heterocycles. The summed E-state index contributed by atoms with van der Waals surface area (Å²) in [5.74, 6) is -0.127. The third-order valence-corrected chi connectivity index (χ3v) is 5.36. The number of nitrogens with one attached hydrogen (secondary N) is 1. The van der Waals surface area contributed by atoms with Crippen molar-refractivity contribution in [2.24, 2.45) is 16.6 Å². The Kier molecular flexibility index (Phi) is 4.46. The molecule has 0 aromatic carbocycles. The number of aliphatic hydroxyl groups excluding tert-OH is 1. The van der Waals surface area contributed by atoms with E-state index < -0.39 is 18.2 Å². The van der Waals surface area contributed by atoms with E-state index in [1.807, 2.05) is 24.3 Å². The number of alkyl halides is 2. The van der Waals surface area contributed by atoms with Crippen LogP contribution in [0.3, 0.4) is 0 Å². The average Bonchev–Trinajstić information content (AvgIpc) is 3.32. The number of allylic oxidation sites excluding steroid dienone is 3. The molecule has 3 unspecified atom stereocenters. The molecule has 146 valence electrons. The van der Waals surface area contributed by atoms with E-state index >= 15 is 0 Å². The molecule has 0 amide bonds. The van der Waals surface area contributed by atoms with Crippen molar-refractivity contribution in [3.8, 4) is 0 Å². The van der Waals surface area contributed by atoms with Crippen LogP contribution in [0.1, 0.15) is 29.8 Å². The minimum Gasteiger partial charge on any atom is -0.370 e. The number of pyridine rings is 1. The van der Waals surface area contributed by atoms with E-state index in [0.29, 0.717) is 12.1 Å². The van der Waals surface area contributed by atoms with E-state index in [1.165, 1.54) is 17.0 Å². The molecule has 0 saturated carbocycles. The molecule has 0 spiro atoms. The second kappa shape index (κ2) is 6.83. The summed E-state index contributed by atoms with van der Waals surface area (Å²) in [6.45, 7) is 0. The Balaban J connectivity index is 1.77. The molecule has 4 N–H and O–H groups in total. The molecule has 3 heterocycles. The highest BCUT2D eigenvalue weighted by atomic mass is 19.3. The Morgan fingerprint density at radius 1 is 1.36 bits per heavy atom. The molecule has 1 aliphatic heterocycles. The molecule has 3 atom stereocenters. The van der Waals surface area contributed by atoms with Gasteiger partial charge < -0.3 is 15.7 Å². The topological polar surface area (TPSA) is 103 Å². The van der Waals surface area contributed by atoms with Crippen molar-refractivity contribution in [3.63, 3.8) is 0 Å². The van der Waals surface area contributed by atoms with Gasteiger partial charge in [0.05, 0.1) is 11.4 Å². The number of aliphatic imine (C=N–C) groups is 1. The number of guanidine groups is 1. The maximum atomic E-state index is 13.0. The van der Waals surface area contributed by atoms with Crippen molar-refractivity contribution >= 4 is 11.5 Å². The molecular weight excluding hydrogens is 366 g/mol. The second-order valence-corrected chi connectivity index (χ2v) is 6.92. The van der Waals surface area contributed by atoms with Crippen LogP contribution in [0.4, 0.5) is 8.78 Å². The van der Waals surface area contributed by atoms with Crippen molar-refractivity contribution in [3.05, 3.63) is 65.8 Å². The van der Waals surface area contributed by atoms with Crippen LogP contribution in [0, 0.1) is 5.92 Å². The normalized spacial score (nSPS) is 27.2.